The molecular weight excluding hydrogens is 396 g/mol. The van der Waals surface area contributed by atoms with E-state index >= 15 is 0 Å². The van der Waals surface area contributed by atoms with Gasteiger partial charge in [-0.2, -0.15) is 11.8 Å². The van der Waals surface area contributed by atoms with Crippen LogP contribution in [-0.2, 0) is 9.47 Å². The van der Waals surface area contributed by atoms with Gasteiger partial charge in [-0.1, -0.05) is 13.0 Å². The minimum absolute atomic E-state index is 0.0592. The number of carbonyl (C=O) groups is 1. The Labute approximate surface area is 187 Å². The number of thioether (sulfide) groups is 1. The van der Waals surface area contributed by atoms with E-state index in [0.29, 0.717) is 17.7 Å². The van der Waals surface area contributed by atoms with E-state index in [1.54, 1.807) is 6.20 Å². The molecule has 0 unspecified atom stereocenters. The van der Waals surface area contributed by atoms with Crippen molar-refractivity contribution in [1.82, 2.24) is 9.88 Å². The van der Waals surface area contributed by atoms with E-state index in [0.717, 1.165) is 51.4 Å². The van der Waals surface area contributed by atoms with Gasteiger partial charge in [-0.15, -0.1) is 0 Å². The second-order valence-electron chi connectivity index (χ2n) is 9.13. The van der Waals surface area contributed by atoms with Gasteiger partial charge in [-0.25, -0.2) is 0 Å². The number of rotatable bonds is 7. The molecule has 0 aliphatic carbocycles. The Morgan fingerprint density at radius 3 is 2.53 bits per heavy atom. The number of carbonyl (C=O) groups excluding carboxylic acids is 1. The molecule has 1 aromatic heterocycles. The number of ketones is 1. The van der Waals surface area contributed by atoms with Crippen LogP contribution < -0.4 is 0 Å². The monoisotopic (exact) mass is 436 g/mol. The summed E-state index contributed by atoms with van der Waals surface area (Å²) in [5, 5.41) is 0. The zero-order chi connectivity index (χ0) is 22.0. The highest BCUT2D eigenvalue weighted by Crippen LogP contribution is 2.27. The number of Topliss-reactive ketones (excluding diaryl/α,β-unsaturated/α-hetero) is 1. The van der Waals surface area contributed by atoms with E-state index in [1.165, 1.54) is 5.75 Å². The second-order valence-corrected chi connectivity index (χ2v) is 10.2. The Morgan fingerprint density at radius 1 is 1.30 bits per heavy atom. The third-order valence-electron chi connectivity index (χ3n) is 5.70. The number of likely N-dealkylation sites (tertiary alicyclic amines) is 1. The summed E-state index contributed by atoms with van der Waals surface area (Å²) in [4.78, 5) is 19.1. The maximum atomic E-state index is 12.5. The van der Waals surface area contributed by atoms with Crippen molar-refractivity contribution in [3.05, 3.63) is 30.1 Å². The van der Waals surface area contributed by atoms with E-state index < -0.39 is 0 Å². The van der Waals surface area contributed by atoms with Crippen molar-refractivity contribution in [1.29, 1.82) is 0 Å². The van der Waals surface area contributed by atoms with Crippen LogP contribution in [0.25, 0.3) is 0 Å². The lowest BCUT2D eigenvalue weighted by Gasteiger charge is -2.34. The highest BCUT2D eigenvalue weighted by Gasteiger charge is 2.29. The van der Waals surface area contributed by atoms with Crippen molar-refractivity contribution in [2.75, 3.05) is 44.4 Å². The van der Waals surface area contributed by atoms with Crippen molar-refractivity contribution in [2.24, 2.45) is 11.8 Å². The van der Waals surface area contributed by atoms with Crippen LogP contribution >= 0.6 is 11.8 Å². The van der Waals surface area contributed by atoms with Gasteiger partial charge >= 0.3 is 0 Å². The van der Waals surface area contributed by atoms with Crippen LogP contribution in [0.1, 0.15) is 57.9 Å². The van der Waals surface area contributed by atoms with E-state index in [4.69, 9.17) is 9.47 Å². The van der Waals surface area contributed by atoms with Crippen molar-refractivity contribution >= 4 is 17.5 Å². The van der Waals surface area contributed by atoms with E-state index in [2.05, 4.69) is 44.5 Å². The largest absolute Gasteiger partial charge is 0.377 e. The molecule has 2 aliphatic rings. The standard InChI is InChI=1S/C18H28N2O2.C6H12OS/c1-14(2)22-13-12-20-10-7-16(8-11-20)15(3)18(21)17-6-4-5-9-19-17;1-6(2)5-8-4-3-7-6/h4-6,9,14-16H,7-8,10-13H2,1-3H3;3-5H2,1-2H3/t15-;/m0./s1. The molecule has 6 heteroatoms. The van der Waals surface area contributed by atoms with Crippen molar-refractivity contribution in [2.45, 2.75) is 59.2 Å². The number of hydrogen-bond donors (Lipinski definition) is 0. The number of aromatic nitrogens is 1. The Bertz CT molecular complexity index is 608. The smallest absolute Gasteiger partial charge is 0.184 e. The zero-order valence-electron chi connectivity index (χ0n) is 19.4. The average molecular weight is 437 g/mol. The summed E-state index contributed by atoms with van der Waals surface area (Å²) in [6.07, 6.45) is 4.16. The lowest BCUT2D eigenvalue weighted by molar-refractivity contribution is 0.00510. The van der Waals surface area contributed by atoms with Gasteiger partial charge < -0.3 is 14.4 Å². The molecule has 2 fully saturated rings. The second kappa shape index (κ2) is 12.8. The molecule has 0 aromatic carbocycles. The molecule has 1 atom stereocenters. The van der Waals surface area contributed by atoms with Gasteiger partial charge in [0.05, 0.1) is 24.9 Å². The molecule has 170 valence electrons. The van der Waals surface area contributed by atoms with Gasteiger partial charge in [0.25, 0.3) is 0 Å². The Balaban J connectivity index is 0.000000335. The first-order chi connectivity index (χ1) is 14.3. The SMILES string of the molecule is CC(C)OCCN1CCC([C@H](C)C(=O)c2ccccn2)CC1.CC1(C)CSCCO1. The number of hydrogen-bond acceptors (Lipinski definition) is 6. The van der Waals surface area contributed by atoms with Crippen LogP contribution in [0.4, 0.5) is 0 Å². The van der Waals surface area contributed by atoms with Crippen LogP contribution in [-0.4, -0.2) is 71.7 Å². The van der Waals surface area contributed by atoms with Crippen molar-refractivity contribution < 1.29 is 14.3 Å². The fourth-order valence-corrected chi connectivity index (χ4v) is 4.71. The van der Waals surface area contributed by atoms with E-state index in [1.807, 2.05) is 30.0 Å². The van der Waals surface area contributed by atoms with Crippen molar-refractivity contribution in [3.8, 4) is 0 Å². The minimum atomic E-state index is 0.0592. The highest BCUT2D eigenvalue weighted by molar-refractivity contribution is 7.99. The average Bonchev–Trinajstić information content (AvgIpc) is 2.74. The maximum absolute atomic E-state index is 12.5. The van der Waals surface area contributed by atoms with Gasteiger partial charge in [0.2, 0.25) is 0 Å². The summed E-state index contributed by atoms with van der Waals surface area (Å²) in [6.45, 7) is 15.3. The molecule has 0 bridgehead atoms. The number of ether oxygens (including phenoxy) is 2. The number of piperidine rings is 1. The summed E-state index contributed by atoms with van der Waals surface area (Å²) in [7, 11) is 0. The summed E-state index contributed by atoms with van der Waals surface area (Å²) in [5.74, 6) is 3.03. The van der Waals surface area contributed by atoms with E-state index in [9.17, 15) is 4.79 Å². The molecule has 0 N–H and O–H groups in total. The molecule has 0 saturated carbocycles. The van der Waals surface area contributed by atoms with Crippen LogP contribution in [0.5, 0.6) is 0 Å². The Kier molecular flexibility index (Phi) is 10.8. The first-order valence-electron chi connectivity index (χ1n) is 11.3. The highest BCUT2D eigenvalue weighted by atomic mass is 32.2. The molecule has 0 amide bonds. The predicted octanol–water partition coefficient (Wildman–Crippen LogP) is 4.57. The van der Waals surface area contributed by atoms with Crippen LogP contribution in [0.15, 0.2) is 24.4 Å². The third kappa shape index (κ3) is 9.04. The van der Waals surface area contributed by atoms with Gasteiger partial charge in [0, 0.05) is 30.2 Å². The van der Waals surface area contributed by atoms with Crippen molar-refractivity contribution in [3.63, 3.8) is 0 Å². The normalized spacial score (nSPS) is 21.0. The zero-order valence-corrected chi connectivity index (χ0v) is 20.2. The lowest BCUT2D eigenvalue weighted by Crippen LogP contribution is -2.39. The quantitative estimate of drug-likeness (QED) is 0.584. The predicted molar refractivity (Wildman–Crippen MR) is 125 cm³/mol. The van der Waals surface area contributed by atoms with Crippen LogP contribution in [0.3, 0.4) is 0 Å². The van der Waals surface area contributed by atoms with E-state index in [-0.39, 0.29) is 17.3 Å². The molecular formula is C24H40N2O3S. The van der Waals surface area contributed by atoms with Crippen LogP contribution in [0, 0.1) is 11.8 Å². The number of nitrogens with zero attached hydrogens (tertiary/aromatic N) is 2. The lowest BCUT2D eigenvalue weighted by atomic mass is 9.82. The molecule has 0 radical (unpaired) electrons. The number of pyridine rings is 1. The summed E-state index contributed by atoms with van der Waals surface area (Å²) >= 11 is 1.98. The topological polar surface area (TPSA) is 51.7 Å². The molecule has 2 saturated heterocycles. The molecule has 3 rings (SSSR count). The summed E-state index contributed by atoms with van der Waals surface area (Å²) in [6, 6.07) is 5.54. The molecule has 0 spiro atoms. The molecule has 3 heterocycles. The first-order valence-corrected chi connectivity index (χ1v) is 12.4. The van der Waals surface area contributed by atoms with Gasteiger partial charge in [0.15, 0.2) is 5.78 Å². The summed E-state index contributed by atoms with van der Waals surface area (Å²) < 4.78 is 11.1. The molecule has 2 aliphatic heterocycles. The third-order valence-corrected chi connectivity index (χ3v) is 7.05. The maximum Gasteiger partial charge on any atom is 0.184 e. The fourth-order valence-electron chi connectivity index (χ4n) is 3.79. The molecule has 1 aromatic rings. The Morgan fingerprint density at radius 2 is 2.03 bits per heavy atom. The molecule has 30 heavy (non-hydrogen) atoms. The Hall–Kier alpha value is -0.950. The van der Waals surface area contributed by atoms with Crippen LogP contribution in [0.2, 0.25) is 0 Å². The fraction of sp³-hybridized carbons (Fsp3) is 0.750. The van der Waals surface area contributed by atoms with Gasteiger partial charge in [0.1, 0.15) is 5.69 Å². The minimum Gasteiger partial charge on any atom is -0.377 e. The van der Waals surface area contributed by atoms with Gasteiger partial charge in [-0.3, -0.25) is 9.78 Å². The molecule has 5 nitrogen and oxygen atoms in total. The first kappa shape index (κ1) is 25.3. The van der Waals surface area contributed by atoms with Gasteiger partial charge in [-0.05, 0) is 71.7 Å². The summed E-state index contributed by atoms with van der Waals surface area (Å²) in [5.41, 5.74) is 0.742.